The third-order valence-corrected chi connectivity index (χ3v) is 3.59. The molecule has 102 valence electrons. The van der Waals surface area contributed by atoms with Gasteiger partial charge in [-0.2, -0.15) is 4.99 Å². The molecule has 0 aliphatic carbocycles. The molecule has 4 N–H and O–H groups in total. The van der Waals surface area contributed by atoms with Gasteiger partial charge in [0.05, 0.1) is 0 Å². The Morgan fingerprint density at radius 2 is 2.21 bits per heavy atom. The topological polar surface area (TPSA) is 79.5 Å². The highest BCUT2D eigenvalue weighted by atomic mass is 16.1. The fraction of sp³-hybridized carbons (Fsp3) is 0.429. The second kappa shape index (κ2) is 6.33. The Kier molecular flexibility index (Phi) is 4.52. The van der Waals surface area contributed by atoms with Crippen molar-refractivity contribution in [3.63, 3.8) is 0 Å². The molecule has 0 spiro atoms. The van der Waals surface area contributed by atoms with E-state index in [-0.39, 0.29) is 5.84 Å². The first kappa shape index (κ1) is 13.5. The average molecular weight is 260 g/mol. The van der Waals surface area contributed by atoms with Gasteiger partial charge in [-0.05, 0) is 49.5 Å². The van der Waals surface area contributed by atoms with Crippen LogP contribution in [0.5, 0.6) is 0 Å². The maximum absolute atomic E-state index is 10.4. The normalized spacial score (nSPS) is 17.2. The Bertz CT molecular complexity index is 478. The first-order chi connectivity index (χ1) is 9.26. The maximum Gasteiger partial charge on any atom is 0.234 e. The second-order valence-electron chi connectivity index (χ2n) is 4.70. The van der Waals surface area contributed by atoms with Gasteiger partial charge in [0.1, 0.15) is 5.84 Å². The molecule has 5 nitrogen and oxygen atoms in total. The van der Waals surface area contributed by atoms with Crippen molar-refractivity contribution in [2.75, 3.05) is 25.5 Å². The lowest BCUT2D eigenvalue weighted by atomic mass is 9.89. The first-order valence-electron chi connectivity index (χ1n) is 6.56. The van der Waals surface area contributed by atoms with Crippen molar-refractivity contribution in [2.45, 2.75) is 18.8 Å². The van der Waals surface area contributed by atoms with Gasteiger partial charge in [-0.25, -0.2) is 0 Å². The van der Waals surface area contributed by atoms with Crippen LogP contribution in [0.3, 0.4) is 0 Å². The SMILES string of the molecule is CNc1cc(C2CCNCC2)ccc1C(N)=NC=O. The van der Waals surface area contributed by atoms with Gasteiger partial charge in [0, 0.05) is 18.3 Å². The van der Waals surface area contributed by atoms with Crippen LogP contribution in [0.25, 0.3) is 0 Å². The molecule has 1 amide bonds. The van der Waals surface area contributed by atoms with Crippen molar-refractivity contribution in [1.29, 1.82) is 0 Å². The van der Waals surface area contributed by atoms with E-state index in [1.54, 1.807) is 0 Å². The van der Waals surface area contributed by atoms with Crippen LogP contribution in [-0.2, 0) is 4.79 Å². The molecule has 19 heavy (non-hydrogen) atoms. The number of piperidine rings is 1. The molecule has 1 aromatic carbocycles. The van der Waals surface area contributed by atoms with Crippen molar-refractivity contribution in [1.82, 2.24) is 5.32 Å². The lowest BCUT2D eigenvalue weighted by Gasteiger charge is -2.24. The summed E-state index contributed by atoms with van der Waals surface area (Å²) < 4.78 is 0. The molecule has 0 aromatic heterocycles. The summed E-state index contributed by atoms with van der Waals surface area (Å²) in [4.78, 5) is 14.0. The van der Waals surface area contributed by atoms with Crippen molar-refractivity contribution in [2.24, 2.45) is 10.7 Å². The van der Waals surface area contributed by atoms with Crippen LogP contribution >= 0.6 is 0 Å². The van der Waals surface area contributed by atoms with Gasteiger partial charge in [-0.1, -0.05) is 6.07 Å². The molecule has 0 bridgehead atoms. The molecule has 1 aliphatic heterocycles. The molecule has 1 aromatic rings. The quantitative estimate of drug-likeness (QED) is 0.429. The Hall–Kier alpha value is -1.88. The van der Waals surface area contributed by atoms with E-state index in [0.717, 1.165) is 37.2 Å². The summed E-state index contributed by atoms with van der Waals surface area (Å²) >= 11 is 0. The zero-order valence-corrected chi connectivity index (χ0v) is 11.1. The highest BCUT2D eigenvalue weighted by Gasteiger charge is 2.16. The van der Waals surface area contributed by atoms with E-state index < -0.39 is 0 Å². The van der Waals surface area contributed by atoms with Crippen LogP contribution in [0, 0.1) is 0 Å². The molecule has 1 heterocycles. The van der Waals surface area contributed by atoms with Gasteiger partial charge < -0.3 is 16.4 Å². The minimum atomic E-state index is 0.246. The van der Waals surface area contributed by atoms with Crippen LogP contribution in [0.15, 0.2) is 23.2 Å². The molecule has 0 saturated carbocycles. The number of amidine groups is 1. The fourth-order valence-corrected chi connectivity index (χ4v) is 2.53. The van der Waals surface area contributed by atoms with Crippen LogP contribution in [-0.4, -0.2) is 32.4 Å². The summed E-state index contributed by atoms with van der Waals surface area (Å²) in [6.45, 7) is 2.13. The fourth-order valence-electron chi connectivity index (χ4n) is 2.53. The monoisotopic (exact) mass is 260 g/mol. The largest absolute Gasteiger partial charge is 0.388 e. The van der Waals surface area contributed by atoms with Crippen LogP contribution in [0.4, 0.5) is 5.69 Å². The predicted octanol–water partition coefficient (Wildman–Crippen LogP) is 1.06. The molecule has 1 saturated heterocycles. The lowest BCUT2D eigenvalue weighted by Crippen LogP contribution is -2.26. The number of rotatable bonds is 4. The highest BCUT2D eigenvalue weighted by Crippen LogP contribution is 2.28. The van der Waals surface area contributed by atoms with E-state index >= 15 is 0 Å². The smallest absolute Gasteiger partial charge is 0.234 e. The van der Waals surface area contributed by atoms with Crippen molar-refractivity contribution in [3.05, 3.63) is 29.3 Å². The molecule has 0 unspecified atom stereocenters. The predicted molar refractivity (Wildman–Crippen MR) is 77.6 cm³/mol. The van der Waals surface area contributed by atoms with Crippen molar-refractivity contribution < 1.29 is 4.79 Å². The van der Waals surface area contributed by atoms with Gasteiger partial charge in [0.25, 0.3) is 0 Å². The third kappa shape index (κ3) is 3.12. The van der Waals surface area contributed by atoms with Crippen molar-refractivity contribution >= 4 is 17.9 Å². The summed E-state index contributed by atoms with van der Waals surface area (Å²) in [5.74, 6) is 0.836. The van der Waals surface area contributed by atoms with E-state index in [4.69, 9.17) is 5.73 Å². The van der Waals surface area contributed by atoms with Crippen LogP contribution in [0.2, 0.25) is 0 Å². The number of amides is 1. The van der Waals surface area contributed by atoms with Gasteiger partial charge in [-0.3, -0.25) is 4.79 Å². The molecular formula is C14H20N4O. The Balaban J connectivity index is 2.29. The lowest BCUT2D eigenvalue weighted by molar-refractivity contribution is -0.106. The summed E-state index contributed by atoms with van der Waals surface area (Å²) in [5.41, 5.74) is 8.78. The van der Waals surface area contributed by atoms with Gasteiger partial charge in [-0.15, -0.1) is 0 Å². The minimum Gasteiger partial charge on any atom is -0.388 e. The molecule has 1 fully saturated rings. The number of hydrogen-bond donors (Lipinski definition) is 3. The molecular weight excluding hydrogens is 240 g/mol. The van der Waals surface area contributed by atoms with E-state index in [1.165, 1.54) is 5.56 Å². The summed E-state index contributed by atoms with van der Waals surface area (Å²) in [6, 6.07) is 6.13. The summed E-state index contributed by atoms with van der Waals surface area (Å²) in [7, 11) is 1.85. The Labute approximate surface area is 113 Å². The van der Waals surface area contributed by atoms with Gasteiger partial charge >= 0.3 is 0 Å². The number of carbonyl (C=O) groups excluding carboxylic acids is 1. The number of benzene rings is 1. The Morgan fingerprint density at radius 1 is 1.47 bits per heavy atom. The molecule has 0 radical (unpaired) electrons. The van der Waals surface area contributed by atoms with Crippen LogP contribution in [0.1, 0.15) is 29.9 Å². The number of hydrogen-bond acceptors (Lipinski definition) is 3. The zero-order valence-electron chi connectivity index (χ0n) is 11.1. The minimum absolute atomic E-state index is 0.246. The Morgan fingerprint density at radius 3 is 2.84 bits per heavy atom. The number of nitrogens with zero attached hydrogens (tertiary/aromatic N) is 1. The molecule has 5 heteroatoms. The number of nitrogens with one attached hydrogen (secondary N) is 2. The second-order valence-corrected chi connectivity index (χ2v) is 4.70. The highest BCUT2D eigenvalue weighted by molar-refractivity contribution is 6.05. The van der Waals surface area contributed by atoms with E-state index in [0.29, 0.717) is 12.3 Å². The average Bonchev–Trinajstić information content (AvgIpc) is 2.47. The first-order valence-corrected chi connectivity index (χ1v) is 6.56. The molecule has 1 aliphatic rings. The third-order valence-electron chi connectivity index (χ3n) is 3.59. The van der Waals surface area contributed by atoms with Crippen molar-refractivity contribution in [3.8, 4) is 0 Å². The zero-order chi connectivity index (χ0) is 13.7. The summed E-state index contributed by atoms with van der Waals surface area (Å²) in [5, 5.41) is 6.49. The number of aliphatic imine (C=N–C) groups is 1. The molecule has 0 atom stereocenters. The summed E-state index contributed by atoms with van der Waals surface area (Å²) in [6.07, 6.45) is 2.77. The molecule has 2 rings (SSSR count). The standard InChI is InChI=1S/C14H20N4O/c1-16-13-8-11(10-4-6-17-7-5-10)2-3-12(13)14(15)18-9-19/h2-3,8-10,16-17H,4-7H2,1H3,(H2,15,18,19). The van der Waals surface area contributed by atoms with Crippen LogP contribution < -0.4 is 16.4 Å². The van der Waals surface area contributed by atoms with E-state index in [1.807, 2.05) is 13.1 Å². The van der Waals surface area contributed by atoms with Gasteiger partial charge in [0.15, 0.2) is 0 Å². The number of nitrogens with two attached hydrogens (primary N) is 1. The van der Waals surface area contributed by atoms with Gasteiger partial charge in [0.2, 0.25) is 6.41 Å². The number of carbonyl (C=O) groups is 1. The van der Waals surface area contributed by atoms with E-state index in [2.05, 4.69) is 27.8 Å². The van der Waals surface area contributed by atoms with E-state index in [9.17, 15) is 4.79 Å². The maximum atomic E-state index is 10.4. The number of anilines is 1.